The molecule has 186 valence electrons. The number of ether oxygens (including phenoxy) is 1. The van der Waals surface area contributed by atoms with Gasteiger partial charge in [0, 0.05) is 24.5 Å². The SMILES string of the molecule is CCCCOC(=O)NS(=O)(=O)c1ccc2c(c1-c1cccc(Cn3ccnc3)c1)CCC2C(C)C. The summed E-state index contributed by atoms with van der Waals surface area (Å²) in [4.78, 5) is 16.4. The van der Waals surface area contributed by atoms with Gasteiger partial charge in [0.15, 0.2) is 0 Å². The Morgan fingerprint density at radius 1 is 1.26 bits per heavy atom. The van der Waals surface area contributed by atoms with Crippen molar-refractivity contribution in [2.75, 3.05) is 6.61 Å². The third-order valence-corrected chi connectivity index (χ3v) is 7.95. The van der Waals surface area contributed by atoms with Crippen LogP contribution in [0.1, 0.15) is 62.6 Å². The Morgan fingerprint density at radius 2 is 2.09 bits per heavy atom. The zero-order valence-corrected chi connectivity index (χ0v) is 21.3. The number of rotatable bonds is 9. The van der Waals surface area contributed by atoms with E-state index in [1.54, 1.807) is 18.6 Å². The van der Waals surface area contributed by atoms with Gasteiger partial charge in [0.1, 0.15) is 0 Å². The monoisotopic (exact) mass is 495 g/mol. The van der Waals surface area contributed by atoms with Crippen LogP contribution in [0.2, 0.25) is 0 Å². The van der Waals surface area contributed by atoms with E-state index in [1.165, 1.54) is 5.56 Å². The summed E-state index contributed by atoms with van der Waals surface area (Å²) in [5.74, 6) is 0.826. The number of nitrogens with one attached hydrogen (secondary N) is 1. The van der Waals surface area contributed by atoms with Crippen molar-refractivity contribution < 1.29 is 17.9 Å². The van der Waals surface area contributed by atoms with Gasteiger partial charge in [-0.1, -0.05) is 51.5 Å². The Hall–Kier alpha value is -3.13. The minimum Gasteiger partial charge on any atom is -0.449 e. The average Bonchev–Trinajstić information content (AvgIpc) is 3.48. The molecule has 35 heavy (non-hydrogen) atoms. The Labute approximate surface area is 207 Å². The molecule has 0 aliphatic heterocycles. The summed E-state index contributed by atoms with van der Waals surface area (Å²) in [6.07, 6.45) is 7.73. The Morgan fingerprint density at radius 3 is 2.80 bits per heavy atom. The fourth-order valence-electron chi connectivity index (χ4n) is 4.87. The van der Waals surface area contributed by atoms with Crippen LogP contribution in [0.25, 0.3) is 11.1 Å². The molecule has 0 radical (unpaired) electrons. The first-order chi connectivity index (χ1) is 16.8. The van der Waals surface area contributed by atoms with Crippen LogP contribution in [0.3, 0.4) is 0 Å². The molecule has 2 aromatic carbocycles. The minimum atomic E-state index is -4.14. The molecule has 1 aromatic heterocycles. The number of aromatic nitrogens is 2. The van der Waals surface area contributed by atoms with Gasteiger partial charge in [-0.05, 0) is 65.5 Å². The molecular weight excluding hydrogens is 462 g/mol. The van der Waals surface area contributed by atoms with E-state index in [1.807, 2.05) is 48.0 Å². The molecule has 1 aliphatic carbocycles. The molecule has 0 fully saturated rings. The van der Waals surface area contributed by atoms with E-state index in [2.05, 4.69) is 23.6 Å². The molecule has 0 saturated heterocycles. The number of nitrogens with zero attached hydrogens (tertiary/aromatic N) is 2. The second-order valence-electron chi connectivity index (χ2n) is 9.43. The van der Waals surface area contributed by atoms with Gasteiger partial charge in [-0.3, -0.25) is 0 Å². The number of benzene rings is 2. The van der Waals surface area contributed by atoms with Gasteiger partial charge >= 0.3 is 6.09 Å². The van der Waals surface area contributed by atoms with Gasteiger partial charge in [0.2, 0.25) is 0 Å². The molecule has 1 unspecified atom stereocenters. The van der Waals surface area contributed by atoms with E-state index in [9.17, 15) is 13.2 Å². The van der Waals surface area contributed by atoms with Crippen LogP contribution in [0.4, 0.5) is 4.79 Å². The predicted molar refractivity (Wildman–Crippen MR) is 136 cm³/mol. The van der Waals surface area contributed by atoms with E-state index in [0.717, 1.165) is 36.0 Å². The first-order valence-corrected chi connectivity index (χ1v) is 13.7. The number of amides is 1. The number of hydrogen-bond acceptors (Lipinski definition) is 5. The van der Waals surface area contributed by atoms with Crippen molar-refractivity contribution in [2.45, 2.75) is 63.8 Å². The summed E-state index contributed by atoms with van der Waals surface area (Å²) in [6, 6.07) is 11.5. The standard InChI is InChI=1S/C27H33N3O4S/c1-4-5-15-34-27(31)29-35(32,33)25-12-11-23-22(19(2)3)9-10-24(23)26(25)21-8-6-7-20(16-21)17-30-14-13-28-18-30/h6-8,11-14,16,18-19,22H,4-5,9-10,15,17H2,1-3H3,(H,29,31). The highest BCUT2D eigenvalue weighted by atomic mass is 32.2. The van der Waals surface area contributed by atoms with Crippen molar-refractivity contribution >= 4 is 16.1 Å². The van der Waals surface area contributed by atoms with Crippen LogP contribution in [0.5, 0.6) is 0 Å². The van der Waals surface area contributed by atoms with E-state index in [-0.39, 0.29) is 11.5 Å². The number of fused-ring (bicyclic) bond motifs is 1. The quantitative estimate of drug-likeness (QED) is 0.396. The summed E-state index contributed by atoms with van der Waals surface area (Å²) < 4.78 is 36.0. The zero-order valence-electron chi connectivity index (χ0n) is 20.5. The molecule has 0 bridgehead atoms. The minimum absolute atomic E-state index is 0.105. The highest BCUT2D eigenvalue weighted by Gasteiger charge is 2.32. The number of carbonyl (C=O) groups is 1. The molecule has 3 aromatic rings. The molecule has 1 aliphatic rings. The van der Waals surface area contributed by atoms with Crippen molar-refractivity contribution in [1.82, 2.24) is 14.3 Å². The van der Waals surface area contributed by atoms with E-state index >= 15 is 0 Å². The fraction of sp³-hybridized carbons (Fsp3) is 0.407. The number of carbonyl (C=O) groups excluding carboxylic acids is 1. The third-order valence-electron chi connectivity index (χ3n) is 6.60. The van der Waals surface area contributed by atoms with Gasteiger partial charge < -0.3 is 9.30 Å². The first-order valence-electron chi connectivity index (χ1n) is 12.2. The van der Waals surface area contributed by atoms with Gasteiger partial charge in [-0.15, -0.1) is 0 Å². The molecule has 1 N–H and O–H groups in total. The van der Waals surface area contributed by atoms with Gasteiger partial charge in [-0.2, -0.15) is 0 Å². The lowest BCUT2D eigenvalue weighted by molar-refractivity contribution is 0.151. The van der Waals surface area contributed by atoms with Crippen LogP contribution < -0.4 is 4.72 Å². The smallest absolute Gasteiger partial charge is 0.421 e. The summed E-state index contributed by atoms with van der Waals surface area (Å²) in [6.45, 7) is 7.18. The summed E-state index contributed by atoms with van der Waals surface area (Å²) >= 11 is 0. The molecule has 1 amide bonds. The third kappa shape index (κ3) is 5.59. The molecule has 7 nitrogen and oxygen atoms in total. The molecule has 4 rings (SSSR count). The predicted octanol–water partition coefficient (Wildman–Crippen LogP) is 5.50. The topological polar surface area (TPSA) is 90.3 Å². The highest BCUT2D eigenvalue weighted by molar-refractivity contribution is 7.90. The largest absolute Gasteiger partial charge is 0.449 e. The number of unbranched alkanes of at least 4 members (excludes halogenated alkanes) is 1. The average molecular weight is 496 g/mol. The van der Waals surface area contributed by atoms with Crippen LogP contribution >= 0.6 is 0 Å². The van der Waals surface area contributed by atoms with Crippen LogP contribution in [-0.4, -0.2) is 30.7 Å². The van der Waals surface area contributed by atoms with E-state index < -0.39 is 16.1 Å². The highest BCUT2D eigenvalue weighted by Crippen LogP contribution is 2.45. The summed E-state index contributed by atoms with van der Waals surface area (Å²) in [5.41, 5.74) is 4.77. The molecular formula is C27H33N3O4S. The van der Waals surface area contributed by atoms with Crippen molar-refractivity contribution in [3.63, 3.8) is 0 Å². The van der Waals surface area contributed by atoms with Gasteiger partial charge in [-0.25, -0.2) is 22.9 Å². The van der Waals surface area contributed by atoms with Gasteiger partial charge in [0.25, 0.3) is 10.0 Å². The lowest BCUT2D eigenvalue weighted by Crippen LogP contribution is -2.32. The fourth-order valence-corrected chi connectivity index (χ4v) is 6.01. The van der Waals surface area contributed by atoms with Crippen LogP contribution in [-0.2, 0) is 27.7 Å². The van der Waals surface area contributed by atoms with E-state index in [0.29, 0.717) is 30.4 Å². The number of imidazole rings is 1. The van der Waals surface area contributed by atoms with Crippen molar-refractivity contribution in [3.8, 4) is 11.1 Å². The first kappa shape index (κ1) is 25.0. The number of sulfonamides is 1. The van der Waals surface area contributed by atoms with Crippen molar-refractivity contribution in [2.24, 2.45) is 5.92 Å². The Bertz CT molecular complexity index is 1280. The van der Waals surface area contributed by atoms with E-state index in [4.69, 9.17) is 4.74 Å². The molecule has 1 atom stereocenters. The second kappa shape index (κ2) is 10.6. The molecule has 8 heteroatoms. The molecule has 0 spiro atoms. The lowest BCUT2D eigenvalue weighted by Gasteiger charge is -2.20. The lowest BCUT2D eigenvalue weighted by atomic mass is 9.88. The zero-order chi connectivity index (χ0) is 25.0. The maximum absolute atomic E-state index is 13.4. The van der Waals surface area contributed by atoms with Gasteiger partial charge in [0.05, 0.1) is 17.8 Å². The number of hydrogen-bond donors (Lipinski definition) is 1. The maximum atomic E-state index is 13.4. The van der Waals surface area contributed by atoms with Crippen LogP contribution in [0, 0.1) is 5.92 Å². The molecule has 1 heterocycles. The summed E-state index contributed by atoms with van der Waals surface area (Å²) in [7, 11) is -4.14. The van der Waals surface area contributed by atoms with Crippen LogP contribution in [0.15, 0.2) is 60.0 Å². The molecule has 0 saturated carbocycles. The Balaban J connectivity index is 1.77. The normalized spacial score (nSPS) is 15.3. The Kier molecular flexibility index (Phi) is 7.60. The second-order valence-corrected chi connectivity index (χ2v) is 11.1. The summed E-state index contributed by atoms with van der Waals surface area (Å²) in [5, 5.41) is 0. The maximum Gasteiger partial charge on any atom is 0.421 e. The van der Waals surface area contributed by atoms with Crippen molar-refractivity contribution in [1.29, 1.82) is 0 Å². The van der Waals surface area contributed by atoms with Crippen molar-refractivity contribution in [3.05, 3.63) is 71.8 Å².